The van der Waals surface area contributed by atoms with Gasteiger partial charge in [-0.1, -0.05) is 6.58 Å². The van der Waals surface area contributed by atoms with Crippen molar-refractivity contribution in [1.29, 1.82) is 0 Å². The van der Waals surface area contributed by atoms with Gasteiger partial charge in [0, 0.05) is 6.08 Å². The fourth-order valence-corrected chi connectivity index (χ4v) is 0.265. The highest BCUT2D eigenvalue weighted by Crippen LogP contribution is 1.60. The normalized spacial score (nSPS) is 11.3. The fraction of sp³-hybridized carbons (Fsp3) is 0. The molecular weight excluding hydrogens is 114 g/mol. The zero-order valence-corrected chi connectivity index (χ0v) is 4.40. The molecule has 0 fully saturated rings. The Balaban J connectivity index is 3.49. The van der Waals surface area contributed by atoms with Gasteiger partial charge in [-0.3, -0.25) is 4.55 Å². The third-order valence-electron chi connectivity index (χ3n) is 0.344. The van der Waals surface area contributed by atoms with E-state index in [9.17, 15) is 0 Å². The first-order valence-corrected chi connectivity index (χ1v) is 2.33. The van der Waals surface area contributed by atoms with Crippen LogP contribution < -0.4 is 4.40 Å². The molecule has 0 aliphatic heterocycles. The van der Waals surface area contributed by atoms with Gasteiger partial charge in [0.2, 0.25) is 0 Å². The van der Waals surface area contributed by atoms with Crippen molar-refractivity contribution in [3.63, 3.8) is 0 Å². The Morgan fingerprint density at radius 3 is 2.57 bits per heavy atom. The number of aliphatic hydroxyl groups excluding tert-OH is 1. The van der Waals surface area contributed by atoms with Crippen molar-refractivity contribution in [3.05, 3.63) is 12.7 Å². The van der Waals surface area contributed by atoms with Crippen LogP contribution in [0, 0.1) is 0 Å². The second kappa shape index (κ2) is 3.70. The van der Waals surface area contributed by atoms with Crippen molar-refractivity contribution in [1.82, 2.24) is 0 Å². The molecule has 0 aliphatic carbocycles. The van der Waals surface area contributed by atoms with Gasteiger partial charge in [-0.05, 0) is 0 Å². The van der Waals surface area contributed by atoms with Crippen molar-refractivity contribution in [3.8, 4) is 0 Å². The standard InChI is InChI=1S/C3H5NO2S/c1-2-3(5)4-7-6/h2,6H,1H2,(H,4,5)/p+1. The van der Waals surface area contributed by atoms with Gasteiger partial charge in [-0.2, -0.15) is 0 Å². The highest BCUT2D eigenvalue weighted by Gasteiger charge is 1.89. The highest BCUT2D eigenvalue weighted by molar-refractivity contribution is 7.86. The molecule has 0 heterocycles. The number of hydrogen-bond donors (Lipinski definition) is 3. The van der Waals surface area contributed by atoms with E-state index in [1.165, 1.54) is 6.08 Å². The molecular formula is C3H6NO2S+. The average molecular weight is 120 g/mol. The highest BCUT2D eigenvalue weighted by atomic mass is 32.2. The lowest BCUT2D eigenvalue weighted by atomic mass is 10.7. The van der Waals surface area contributed by atoms with Crippen LogP contribution in [-0.4, -0.2) is 15.6 Å². The van der Waals surface area contributed by atoms with Gasteiger partial charge in [-0.25, -0.2) is 0 Å². The Morgan fingerprint density at radius 1 is 1.86 bits per heavy atom. The molecule has 0 aromatic rings. The molecule has 40 valence electrons. The minimum Gasteiger partial charge on any atom is -0.459 e. The van der Waals surface area contributed by atoms with E-state index in [2.05, 4.69) is 11.0 Å². The molecule has 0 saturated heterocycles. The van der Waals surface area contributed by atoms with Crippen molar-refractivity contribution < 1.29 is 14.1 Å². The summed E-state index contributed by atoms with van der Waals surface area (Å²) in [4.78, 5) is 0. The maximum Gasteiger partial charge on any atom is 0.372 e. The Hall–Kier alpha value is -0.480. The van der Waals surface area contributed by atoms with Crippen LogP contribution in [0.4, 0.5) is 0 Å². The third kappa shape index (κ3) is 3.35. The van der Waals surface area contributed by atoms with E-state index in [-0.39, 0.29) is 5.90 Å². The summed E-state index contributed by atoms with van der Waals surface area (Å²) in [5, 5.41) is 8.36. The summed E-state index contributed by atoms with van der Waals surface area (Å²) in [6, 6.07) is 0. The molecule has 4 heteroatoms. The van der Waals surface area contributed by atoms with Crippen LogP contribution in [0.2, 0.25) is 0 Å². The van der Waals surface area contributed by atoms with Gasteiger partial charge in [0.1, 0.15) is 0 Å². The maximum atomic E-state index is 8.36. The van der Waals surface area contributed by atoms with E-state index in [0.29, 0.717) is 12.2 Å². The molecule has 0 rings (SSSR count). The fourth-order valence-electron chi connectivity index (χ4n) is 0.0884. The van der Waals surface area contributed by atoms with Crippen LogP contribution in [0.5, 0.6) is 0 Å². The number of rotatable bonds is 2. The number of hydrogen-bond acceptors (Lipinski definition) is 2. The van der Waals surface area contributed by atoms with Crippen LogP contribution in [0.3, 0.4) is 0 Å². The van der Waals surface area contributed by atoms with Crippen molar-refractivity contribution >= 4 is 18.1 Å². The summed E-state index contributed by atoms with van der Waals surface area (Å²) in [6.07, 6.45) is 1.18. The van der Waals surface area contributed by atoms with E-state index in [4.69, 9.17) is 9.66 Å². The first-order valence-electron chi connectivity index (χ1n) is 1.56. The van der Waals surface area contributed by atoms with E-state index in [1.54, 1.807) is 0 Å². The molecule has 3 N–H and O–H groups in total. The number of nitrogens with one attached hydrogen (secondary N) is 1. The van der Waals surface area contributed by atoms with Gasteiger partial charge in [-0.15, -0.1) is 4.40 Å². The number of aliphatic hydroxyl groups is 1. The van der Waals surface area contributed by atoms with Gasteiger partial charge < -0.3 is 5.11 Å². The minimum absolute atomic E-state index is 0.146. The molecule has 3 nitrogen and oxygen atoms in total. The molecule has 0 bridgehead atoms. The monoisotopic (exact) mass is 120 g/mol. The summed E-state index contributed by atoms with van der Waals surface area (Å²) in [6.45, 7) is 3.21. The Labute approximate surface area is 45.7 Å². The quantitative estimate of drug-likeness (QED) is 0.196. The van der Waals surface area contributed by atoms with Crippen molar-refractivity contribution in [2.24, 2.45) is 0 Å². The topological polar surface area (TPSA) is 54.4 Å². The van der Waals surface area contributed by atoms with Crippen LogP contribution in [-0.2, 0) is 0 Å². The molecule has 0 unspecified atom stereocenters. The first kappa shape index (κ1) is 6.52. The lowest BCUT2D eigenvalue weighted by Gasteiger charge is -1.71. The van der Waals surface area contributed by atoms with Crippen LogP contribution in [0.25, 0.3) is 0 Å². The molecule has 7 heavy (non-hydrogen) atoms. The average Bonchev–Trinajstić information content (AvgIpc) is 1.68. The molecule has 0 radical (unpaired) electrons. The van der Waals surface area contributed by atoms with Gasteiger partial charge in [0.15, 0.2) is 0 Å². The maximum absolute atomic E-state index is 8.36. The molecule has 0 saturated carbocycles. The molecule has 0 spiro atoms. The lowest BCUT2D eigenvalue weighted by molar-refractivity contribution is -0.266. The molecule has 0 aromatic heterocycles. The first-order chi connectivity index (χ1) is 3.31. The van der Waals surface area contributed by atoms with E-state index < -0.39 is 0 Å². The second-order valence-electron chi connectivity index (χ2n) is 0.783. The molecule has 0 aliphatic rings. The largest absolute Gasteiger partial charge is 0.459 e. The summed E-state index contributed by atoms with van der Waals surface area (Å²) < 4.78 is 10.1. The molecule has 0 amide bonds. The zero-order chi connectivity index (χ0) is 5.70. The molecule has 0 aromatic carbocycles. The summed E-state index contributed by atoms with van der Waals surface area (Å²) in [7, 11) is 0. The van der Waals surface area contributed by atoms with Gasteiger partial charge in [0.05, 0.1) is 0 Å². The predicted molar refractivity (Wildman–Crippen MR) is 29.0 cm³/mol. The summed E-state index contributed by atoms with van der Waals surface area (Å²) in [5.74, 6) is -0.146. The van der Waals surface area contributed by atoms with Crippen LogP contribution in [0.1, 0.15) is 0 Å². The Bertz CT molecular complexity index is 90.9. The second-order valence-corrected chi connectivity index (χ2v) is 1.17. The van der Waals surface area contributed by atoms with Crippen LogP contribution in [0.15, 0.2) is 12.7 Å². The van der Waals surface area contributed by atoms with Crippen LogP contribution >= 0.6 is 12.2 Å². The minimum atomic E-state index is -0.146. The SMILES string of the molecule is C=C/C(O)=[NH+]\SO. The van der Waals surface area contributed by atoms with Gasteiger partial charge >= 0.3 is 18.1 Å². The Kier molecular flexibility index (Phi) is 3.45. The van der Waals surface area contributed by atoms with E-state index in [0.717, 1.165) is 0 Å². The van der Waals surface area contributed by atoms with Crippen molar-refractivity contribution in [2.75, 3.05) is 0 Å². The summed E-state index contributed by atoms with van der Waals surface area (Å²) in [5.41, 5.74) is 0. The smallest absolute Gasteiger partial charge is 0.372 e. The lowest BCUT2D eigenvalue weighted by Crippen LogP contribution is -2.63. The van der Waals surface area contributed by atoms with E-state index in [1.807, 2.05) is 0 Å². The van der Waals surface area contributed by atoms with Crippen molar-refractivity contribution in [2.45, 2.75) is 0 Å². The summed E-state index contributed by atoms with van der Waals surface area (Å²) >= 11 is 0.326. The predicted octanol–water partition coefficient (Wildman–Crippen LogP) is -0.669. The van der Waals surface area contributed by atoms with E-state index >= 15 is 0 Å². The third-order valence-corrected chi connectivity index (χ3v) is 0.644. The van der Waals surface area contributed by atoms with Gasteiger partial charge in [0.25, 0.3) is 0 Å². The zero-order valence-electron chi connectivity index (χ0n) is 3.59. The molecule has 0 atom stereocenters. The Morgan fingerprint density at radius 2 is 2.43 bits per heavy atom.